The molecular weight excluding hydrogens is 290 g/mol. The van der Waals surface area contributed by atoms with Crippen LogP contribution in [0.4, 0.5) is 0 Å². The molecule has 19 heavy (non-hydrogen) atoms. The van der Waals surface area contributed by atoms with Crippen LogP contribution in [0.5, 0.6) is 0 Å². The smallest absolute Gasteiger partial charge is 0.294 e. The predicted molar refractivity (Wildman–Crippen MR) is 70.4 cm³/mol. The second kappa shape index (κ2) is 4.61. The van der Waals surface area contributed by atoms with Gasteiger partial charge in [0.15, 0.2) is 5.82 Å². The molecule has 0 N–H and O–H groups in total. The second-order valence-electron chi connectivity index (χ2n) is 4.48. The van der Waals surface area contributed by atoms with Crippen LogP contribution >= 0.6 is 10.7 Å². The SMILES string of the molecule is Cc1c(-c2nnc(S(=O)(=O)Cl)n2C(C)C)cnn1C. The molecule has 9 heteroatoms. The molecule has 0 saturated carbocycles. The molecule has 0 saturated heterocycles. The van der Waals surface area contributed by atoms with Gasteiger partial charge in [-0.1, -0.05) is 0 Å². The average molecular weight is 304 g/mol. The molecule has 2 rings (SSSR count). The van der Waals surface area contributed by atoms with Gasteiger partial charge in [0.1, 0.15) is 0 Å². The number of aryl methyl sites for hydroxylation is 1. The van der Waals surface area contributed by atoms with E-state index in [2.05, 4.69) is 15.3 Å². The zero-order valence-corrected chi connectivity index (χ0v) is 12.6. The molecule has 0 bridgehead atoms. The zero-order valence-electron chi connectivity index (χ0n) is 11.0. The van der Waals surface area contributed by atoms with Gasteiger partial charge in [0.2, 0.25) is 0 Å². The van der Waals surface area contributed by atoms with Crippen LogP contribution in [-0.2, 0) is 16.1 Å². The van der Waals surface area contributed by atoms with Crippen LogP contribution in [0.15, 0.2) is 11.4 Å². The first-order valence-electron chi connectivity index (χ1n) is 5.62. The van der Waals surface area contributed by atoms with Crippen molar-refractivity contribution in [2.24, 2.45) is 7.05 Å². The summed E-state index contributed by atoms with van der Waals surface area (Å²) in [4.78, 5) is 0. The highest BCUT2D eigenvalue weighted by molar-refractivity contribution is 8.13. The monoisotopic (exact) mass is 303 g/mol. The van der Waals surface area contributed by atoms with Crippen molar-refractivity contribution in [2.75, 3.05) is 0 Å². The summed E-state index contributed by atoms with van der Waals surface area (Å²) >= 11 is 0. The molecule has 2 aromatic rings. The Morgan fingerprint density at radius 2 is 1.95 bits per heavy atom. The molecule has 0 unspecified atom stereocenters. The maximum Gasteiger partial charge on any atom is 0.296 e. The van der Waals surface area contributed by atoms with E-state index in [0.29, 0.717) is 5.82 Å². The lowest BCUT2D eigenvalue weighted by molar-refractivity contribution is 0.530. The van der Waals surface area contributed by atoms with Crippen LogP contribution in [0.25, 0.3) is 11.4 Å². The van der Waals surface area contributed by atoms with E-state index in [4.69, 9.17) is 10.7 Å². The molecule has 2 heterocycles. The Morgan fingerprint density at radius 1 is 1.32 bits per heavy atom. The van der Waals surface area contributed by atoms with Crippen LogP contribution < -0.4 is 0 Å². The van der Waals surface area contributed by atoms with Gasteiger partial charge in [0.25, 0.3) is 14.2 Å². The number of aromatic nitrogens is 5. The van der Waals surface area contributed by atoms with Gasteiger partial charge in [-0.25, -0.2) is 8.42 Å². The maximum absolute atomic E-state index is 11.5. The predicted octanol–water partition coefficient (Wildman–Crippen LogP) is 1.50. The molecule has 2 aromatic heterocycles. The lowest BCUT2D eigenvalue weighted by Crippen LogP contribution is -2.10. The third-order valence-corrected chi connectivity index (χ3v) is 4.00. The number of hydrogen-bond donors (Lipinski definition) is 0. The van der Waals surface area contributed by atoms with Crippen LogP contribution in [0, 0.1) is 6.92 Å². The Hall–Kier alpha value is -1.41. The number of nitrogens with zero attached hydrogens (tertiary/aromatic N) is 5. The second-order valence-corrected chi connectivity index (χ2v) is 6.93. The first-order chi connectivity index (χ1) is 8.73. The highest BCUT2D eigenvalue weighted by Gasteiger charge is 2.26. The Kier molecular flexibility index (Phi) is 3.40. The van der Waals surface area contributed by atoms with E-state index >= 15 is 0 Å². The van der Waals surface area contributed by atoms with Crippen molar-refractivity contribution in [2.45, 2.75) is 32.0 Å². The van der Waals surface area contributed by atoms with Gasteiger partial charge in [-0.3, -0.25) is 9.25 Å². The number of hydrogen-bond acceptors (Lipinski definition) is 5. The first-order valence-corrected chi connectivity index (χ1v) is 7.93. The lowest BCUT2D eigenvalue weighted by Gasteiger charge is -2.12. The summed E-state index contributed by atoms with van der Waals surface area (Å²) in [5.74, 6) is 0.444. The van der Waals surface area contributed by atoms with Crippen molar-refractivity contribution in [3.63, 3.8) is 0 Å². The third-order valence-electron chi connectivity index (χ3n) is 2.88. The first kappa shape index (κ1) is 14.0. The standard InChI is InChI=1S/C10H14ClN5O2S/c1-6(2)16-9(8-5-12-15(4)7(8)3)13-14-10(16)19(11,17)18/h5-6H,1-4H3. The normalized spacial score (nSPS) is 12.3. The van der Waals surface area contributed by atoms with Crippen molar-refractivity contribution in [3.05, 3.63) is 11.9 Å². The van der Waals surface area contributed by atoms with Gasteiger partial charge < -0.3 is 0 Å². The minimum Gasteiger partial charge on any atom is -0.294 e. The Balaban J connectivity index is 2.73. The van der Waals surface area contributed by atoms with Crippen LogP contribution in [0.3, 0.4) is 0 Å². The lowest BCUT2D eigenvalue weighted by atomic mass is 10.2. The van der Waals surface area contributed by atoms with E-state index in [1.807, 2.05) is 20.8 Å². The summed E-state index contributed by atoms with van der Waals surface area (Å²) in [6.07, 6.45) is 1.63. The largest absolute Gasteiger partial charge is 0.296 e. The van der Waals surface area contributed by atoms with Crippen molar-refractivity contribution >= 4 is 19.7 Å². The molecule has 7 nitrogen and oxygen atoms in total. The van der Waals surface area contributed by atoms with Gasteiger partial charge >= 0.3 is 0 Å². The van der Waals surface area contributed by atoms with Gasteiger partial charge in [-0.2, -0.15) is 5.10 Å². The van der Waals surface area contributed by atoms with E-state index in [-0.39, 0.29) is 11.2 Å². The Labute approximate surface area is 115 Å². The van der Waals surface area contributed by atoms with Crippen molar-refractivity contribution in [1.29, 1.82) is 0 Å². The fourth-order valence-electron chi connectivity index (χ4n) is 1.81. The molecule has 0 amide bonds. The van der Waals surface area contributed by atoms with Crippen molar-refractivity contribution in [1.82, 2.24) is 24.5 Å². The molecule has 0 atom stereocenters. The number of rotatable bonds is 3. The third kappa shape index (κ3) is 2.37. The van der Waals surface area contributed by atoms with E-state index in [0.717, 1.165) is 11.3 Å². The molecular formula is C10H14ClN5O2S. The molecule has 104 valence electrons. The topological polar surface area (TPSA) is 82.7 Å². The van der Waals surface area contributed by atoms with Gasteiger partial charge in [0.05, 0.1) is 11.8 Å². The molecule has 0 aliphatic rings. The Bertz CT molecular complexity index is 716. The summed E-state index contributed by atoms with van der Waals surface area (Å²) in [5, 5.41) is 11.5. The van der Waals surface area contributed by atoms with Gasteiger partial charge in [-0.05, 0) is 20.8 Å². The molecule has 0 aliphatic heterocycles. The van der Waals surface area contributed by atoms with Crippen molar-refractivity contribution < 1.29 is 8.42 Å². The number of halogens is 1. The molecule has 0 spiro atoms. The molecule has 0 fully saturated rings. The van der Waals surface area contributed by atoms with Crippen LogP contribution in [0.1, 0.15) is 25.6 Å². The van der Waals surface area contributed by atoms with Gasteiger partial charge in [0, 0.05) is 29.5 Å². The molecule has 0 aliphatic carbocycles. The van der Waals surface area contributed by atoms with Crippen molar-refractivity contribution in [3.8, 4) is 11.4 Å². The van der Waals surface area contributed by atoms with Gasteiger partial charge in [-0.15, -0.1) is 10.2 Å². The van der Waals surface area contributed by atoms with E-state index in [9.17, 15) is 8.42 Å². The van der Waals surface area contributed by atoms with Crippen LogP contribution in [-0.4, -0.2) is 33.0 Å². The fourth-order valence-corrected chi connectivity index (χ4v) is 2.80. The summed E-state index contributed by atoms with van der Waals surface area (Å²) < 4.78 is 26.2. The quantitative estimate of drug-likeness (QED) is 0.802. The summed E-state index contributed by atoms with van der Waals surface area (Å²) in [5.41, 5.74) is 1.60. The Morgan fingerprint density at radius 3 is 2.37 bits per heavy atom. The minimum atomic E-state index is -3.94. The molecule has 0 radical (unpaired) electrons. The van der Waals surface area contributed by atoms with E-state index in [1.54, 1.807) is 17.9 Å². The summed E-state index contributed by atoms with van der Waals surface area (Å²) in [7, 11) is 3.24. The fraction of sp³-hybridized carbons (Fsp3) is 0.500. The summed E-state index contributed by atoms with van der Waals surface area (Å²) in [6, 6.07) is -0.145. The highest BCUT2D eigenvalue weighted by atomic mass is 35.7. The highest BCUT2D eigenvalue weighted by Crippen LogP contribution is 2.27. The minimum absolute atomic E-state index is 0.145. The van der Waals surface area contributed by atoms with E-state index < -0.39 is 9.05 Å². The maximum atomic E-state index is 11.5. The average Bonchev–Trinajstić information content (AvgIpc) is 2.83. The summed E-state index contributed by atoms with van der Waals surface area (Å²) in [6.45, 7) is 5.55. The molecule has 0 aromatic carbocycles. The van der Waals surface area contributed by atoms with Crippen LogP contribution in [0.2, 0.25) is 0 Å². The zero-order chi connectivity index (χ0) is 14.4. The van der Waals surface area contributed by atoms with E-state index in [1.165, 1.54) is 4.57 Å².